The monoisotopic (exact) mass is 263 g/mol. The van der Waals surface area contributed by atoms with Crippen molar-refractivity contribution in [3.05, 3.63) is 28.8 Å². The number of aliphatic hydroxyl groups excluding tert-OH is 1. The fraction of sp³-hybridized carbons (Fsp3) is 0.625. The summed E-state index contributed by atoms with van der Waals surface area (Å²) in [5, 5.41) is 13.4. The van der Waals surface area contributed by atoms with Gasteiger partial charge in [0.25, 0.3) is 0 Å². The summed E-state index contributed by atoms with van der Waals surface area (Å²) in [5.74, 6) is 0.978. The fourth-order valence-electron chi connectivity index (χ4n) is 2.67. The van der Waals surface area contributed by atoms with E-state index in [4.69, 9.17) is 4.74 Å². The van der Waals surface area contributed by atoms with Crippen LogP contribution in [0.1, 0.15) is 36.0 Å². The molecule has 19 heavy (non-hydrogen) atoms. The number of ether oxygens (including phenoxy) is 1. The quantitative estimate of drug-likeness (QED) is 0.857. The van der Waals surface area contributed by atoms with Crippen molar-refractivity contribution in [2.24, 2.45) is 0 Å². The summed E-state index contributed by atoms with van der Waals surface area (Å²) in [6.45, 7) is 7.85. The van der Waals surface area contributed by atoms with E-state index in [-0.39, 0.29) is 12.1 Å². The van der Waals surface area contributed by atoms with Crippen molar-refractivity contribution in [3.8, 4) is 5.75 Å². The third kappa shape index (κ3) is 3.48. The summed E-state index contributed by atoms with van der Waals surface area (Å²) < 4.78 is 5.89. The zero-order valence-corrected chi connectivity index (χ0v) is 12.2. The maximum atomic E-state index is 10.1. The van der Waals surface area contributed by atoms with E-state index in [0.717, 1.165) is 24.3 Å². The molecule has 0 aromatic heterocycles. The van der Waals surface area contributed by atoms with Gasteiger partial charge in [-0.3, -0.25) is 0 Å². The second kappa shape index (κ2) is 6.40. The molecule has 1 aromatic carbocycles. The van der Waals surface area contributed by atoms with Crippen LogP contribution < -0.4 is 10.1 Å². The zero-order valence-electron chi connectivity index (χ0n) is 12.2. The Kier molecular flexibility index (Phi) is 4.83. The first kappa shape index (κ1) is 14.4. The molecule has 1 saturated heterocycles. The van der Waals surface area contributed by atoms with Crippen LogP contribution in [0.2, 0.25) is 0 Å². The molecule has 0 aliphatic carbocycles. The number of nitrogens with one attached hydrogen (secondary N) is 1. The Balaban J connectivity index is 1.87. The number of hydrogen-bond acceptors (Lipinski definition) is 3. The van der Waals surface area contributed by atoms with Crippen LogP contribution in [-0.4, -0.2) is 30.4 Å². The van der Waals surface area contributed by atoms with Gasteiger partial charge in [-0.25, -0.2) is 0 Å². The third-order valence-electron chi connectivity index (χ3n) is 4.10. The topological polar surface area (TPSA) is 41.5 Å². The normalized spacial score (nSPS) is 20.5. The average Bonchev–Trinajstić information content (AvgIpc) is 2.92. The number of aliphatic hydroxyl groups is 1. The van der Waals surface area contributed by atoms with Crippen LogP contribution in [0, 0.1) is 20.8 Å². The first-order valence-corrected chi connectivity index (χ1v) is 7.20. The highest BCUT2D eigenvalue weighted by molar-refractivity contribution is 5.44. The van der Waals surface area contributed by atoms with Crippen LogP contribution in [0.25, 0.3) is 0 Å². The van der Waals surface area contributed by atoms with Crippen LogP contribution >= 0.6 is 0 Å². The summed E-state index contributed by atoms with van der Waals surface area (Å²) in [4.78, 5) is 0. The molecular weight excluding hydrogens is 238 g/mol. The van der Waals surface area contributed by atoms with Crippen molar-refractivity contribution in [2.75, 3.05) is 13.2 Å². The molecule has 1 aliphatic rings. The highest BCUT2D eigenvalue weighted by Crippen LogP contribution is 2.26. The smallest absolute Gasteiger partial charge is 0.125 e. The van der Waals surface area contributed by atoms with Gasteiger partial charge in [-0.2, -0.15) is 0 Å². The molecule has 2 unspecified atom stereocenters. The van der Waals surface area contributed by atoms with Gasteiger partial charge in [0.1, 0.15) is 5.75 Å². The Morgan fingerprint density at radius 3 is 2.74 bits per heavy atom. The van der Waals surface area contributed by atoms with Crippen molar-refractivity contribution < 1.29 is 9.84 Å². The van der Waals surface area contributed by atoms with Crippen molar-refractivity contribution in [1.82, 2.24) is 5.32 Å². The lowest BCUT2D eigenvalue weighted by Gasteiger charge is -2.19. The second-order valence-corrected chi connectivity index (χ2v) is 5.56. The van der Waals surface area contributed by atoms with Crippen LogP contribution in [0.4, 0.5) is 0 Å². The highest BCUT2D eigenvalue weighted by atomic mass is 16.5. The van der Waals surface area contributed by atoms with Crippen LogP contribution in [-0.2, 0) is 0 Å². The van der Waals surface area contributed by atoms with E-state index >= 15 is 0 Å². The summed E-state index contributed by atoms with van der Waals surface area (Å²) >= 11 is 0. The molecule has 1 aliphatic heterocycles. The van der Waals surface area contributed by atoms with Crippen molar-refractivity contribution >= 4 is 0 Å². The zero-order chi connectivity index (χ0) is 13.8. The van der Waals surface area contributed by atoms with Crippen LogP contribution in [0.5, 0.6) is 5.75 Å². The van der Waals surface area contributed by atoms with Gasteiger partial charge in [-0.1, -0.05) is 12.1 Å². The maximum Gasteiger partial charge on any atom is 0.125 e. The van der Waals surface area contributed by atoms with Gasteiger partial charge in [0, 0.05) is 12.5 Å². The predicted molar refractivity (Wildman–Crippen MR) is 77.8 cm³/mol. The lowest BCUT2D eigenvalue weighted by Crippen LogP contribution is -2.35. The summed E-state index contributed by atoms with van der Waals surface area (Å²) in [6, 6.07) is 4.46. The number of rotatable bonds is 5. The van der Waals surface area contributed by atoms with Gasteiger partial charge in [0.15, 0.2) is 0 Å². The lowest BCUT2D eigenvalue weighted by molar-refractivity contribution is 0.107. The first-order chi connectivity index (χ1) is 9.09. The number of hydrogen-bond donors (Lipinski definition) is 2. The van der Waals surface area contributed by atoms with Gasteiger partial charge in [-0.15, -0.1) is 0 Å². The van der Waals surface area contributed by atoms with Crippen LogP contribution in [0.15, 0.2) is 12.1 Å². The van der Waals surface area contributed by atoms with Gasteiger partial charge >= 0.3 is 0 Å². The first-order valence-electron chi connectivity index (χ1n) is 7.20. The van der Waals surface area contributed by atoms with Gasteiger partial charge in [0.05, 0.1) is 12.7 Å². The molecule has 1 fully saturated rings. The molecule has 2 N–H and O–H groups in total. The number of aryl methyl sites for hydroxylation is 2. The summed E-state index contributed by atoms with van der Waals surface area (Å²) in [7, 11) is 0. The molecular formula is C16H25NO2. The minimum atomic E-state index is -0.298. The maximum absolute atomic E-state index is 10.1. The van der Waals surface area contributed by atoms with E-state index in [1.54, 1.807) is 0 Å². The highest BCUT2D eigenvalue weighted by Gasteiger charge is 2.22. The van der Waals surface area contributed by atoms with Gasteiger partial charge in [-0.05, 0) is 56.8 Å². The molecule has 0 amide bonds. The van der Waals surface area contributed by atoms with E-state index < -0.39 is 0 Å². The average molecular weight is 263 g/mol. The van der Waals surface area contributed by atoms with E-state index in [1.165, 1.54) is 17.5 Å². The number of benzene rings is 1. The standard InChI is InChI=1S/C16H25NO2/c1-11-6-7-12(2)16(13(11)3)19-10-8-15(18)14-5-4-9-17-14/h6-7,14-15,17-18H,4-5,8-10H2,1-3H3. The third-order valence-corrected chi connectivity index (χ3v) is 4.10. The van der Waals surface area contributed by atoms with E-state index in [2.05, 4.69) is 38.2 Å². The molecule has 3 heteroatoms. The van der Waals surface area contributed by atoms with Crippen LogP contribution in [0.3, 0.4) is 0 Å². The Bertz CT molecular complexity index is 425. The summed E-state index contributed by atoms with van der Waals surface area (Å²) in [6.07, 6.45) is 2.63. The molecule has 0 spiro atoms. The second-order valence-electron chi connectivity index (χ2n) is 5.56. The fourth-order valence-corrected chi connectivity index (χ4v) is 2.67. The van der Waals surface area contributed by atoms with E-state index in [0.29, 0.717) is 13.0 Å². The molecule has 0 bridgehead atoms. The molecule has 1 aromatic rings. The molecule has 3 nitrogen and oxygen atoms in total. The summed E-state index contributed by atoms with van der Waals surface area (Å²) in [5.41, 5.74) is 3.61. The minimum Gasteiger partial charge on any atom is -0.493 e. The Morgan fingerprint density at radius 2 is 2.05 bits per heavy atom. The molecule has 0 radical (unpaired) electrons. The molecule has 1 heterocycles. The largest absolute Gasteiger partial charge is 0.493 e. The Morgan fingerprint density at radius 1 is 1.32 bits per heavy atom. The van der Waals surface area contributed by atoms with Crippen molar-refractivity contribution in [3.63, 3.8) is 0 Å². The molecule has 2 rings (SSSR count). The van der Waals surface area contributed by atoms with E-state index in [9.17, 15) is 5.11 Å². The minimum absolute atomic E-state index is 0.253. The van der Waals surface area contributed by atoms with Crippen molar-refractivity contribution in [1.29, 1.82) is 0 Å². The van der Waals surface area contributed by atoms with Crippen molar-refractivity contribution in [2.45, 2.75) is 52.2 Å². The van der Waals surface area contributed by atoms with Gasteiger partial charge < -0.3 is 15.2 Å². The van der Waals surface area contributed by atoms with E-state index in [1.807, 2.05) is 0 Å². The Hall–Kier alpha value is -1.06. The lowest BCUT2D eigenvalue weighted by atomic mass is 10.0. The molecule has 106 valence electrons. The molecule has 2 atom stereocenters. The predicted octanol–water partition coefficient (Wildman–Crippen LogP) is 2.49. The van der Waals surface area contributed by atoms with Gasteiger partial charge in [0.2, 0.25) is 0 Å². The molecule has 0 saturated carbocycles. The SMILES string of the molecule is Cc1ccc(C)c(OCCC(O)C2CCCN2)c1C. The Labute approximate surface area is 116 Å².